The van der Waals surface area contributed by atoms with Crippen LogP contribution in [0.3, 0.4) is 0 Å². The number of hydrogen-bond acceptors (Lipinski definition) is 3. The lowest BCUT2D eigenvalue weighted by molar-refractivity contribution is 0.0742. The molecule has 20 heavy (non-hydrogen) atoms. The number of nitrogens with zero attached hydrogens (tertiary/aromatic N) is 1. The van der Waals surface area contributed by atoms with Crippen molar-refractivity contribution >= 4 is 17.3 Å². The maximum atomic E-state index is 12.8. The van der Waals surface area contributed by atoms with Gasteiger partial charge in [-0.05, 0) is 25.0 Å². The van der Waals surface area contributed by atoms with Crippen LogP contribution in [-0.4, -0.2) is 37.0 Å². The summed E-state index contributed by atoms with van der Waals surface area (Å²) < 4.78 is 0. The molecule has 0 saturated heterocycles. The third-order valence-electron chi connectivity index (χ3n) is 3.94. The van der Waals surface area contributed by atoms with Gasteiger partial charge in [-0.2, -0.15) is 0 Å². The van der Waals surface area contributed by atoms with Crippen molar-refractivity contribution in [2.24, 2.45) is 5.92 Å². The van der Waals surface area contributed by atoms with Crippen LogP contribution < -0.4 is 10.6 Å². The first kappa shape index (κ1) is 14.7. The summed E-state index contributed by atoms with van der Waals surface area (Å²) in [6.07, 6.45) is 1.09. The molecule has 1 aliphatic heterocycles. The van der Waals surface area contributed by atoms with Crippen LogP contribution in [0.5, 0.6) is 0 Å². The van der Waals surface area contributed by atoms with Gasteiger partial charge in [0.1, 0.15) is 0 Å². The van der Waals surface area contributed by atoms with Crippen LogP contribution in [0.1, 0.15) is 37.6 Å². The monoisotopic (exact) mass is 275 g/mol. The van der Waals surface area contributed by atoms with E-state index in [1.165, 1.54) is 0 Å². The van der Waals surface area contributed by atoms with Gasteiger partial charge in [0, 0.05) is 26.2 Å². The van der Waals surface area contributed by atoms with Gasteiger partial charge in [0.15, 0.2) is 0 Å². The average Bonchev–Trinajstić information content (AvgIpc) is 2.51. The van der Waals surface area contributed by atoms with Gasteiger partial charge in [-0.15, -0.1) is 0 Å². The van der Waals surface area contributed by atoms with Crippen molar-refractivity contribution < 1.29 is 4.79 Å². The van der Waals surface area contributed by atoms with E-state index in [1.807, 2.05) is 30.0 Å². The molecule has 4 heteroatoms. The van der Waals surface area contributed by atoms with Gasteiger partial charge in [0.2, 0.25) is 0 Å². The Bertz CT molecular complexity index is 473. The van der Waals surface area contributed by atoms with Gasteiger partial charge in [0.25, 0.3) is 5.91 Å². The molecule has 1 aromatic carbocycles. The Morgan fingerprint density at radius 3 is 2.75 bits per heavy atom. The largest absolute Gasteiger partial charge is 0.382 e. The zero-order valence-corrected chi connectivity index (χ0v) is 12.7. The van der Waals surface area contributed by atoms with Crippen molar-refractivity contribution in [3.05, 3.63) is 23.8 Å². The Balaban J connectivity index is 2.23. The molecule has 2 rings (SSSR count). The van der Waals surface area contributed by atoms with Crippen molar-refractivity contribution in [1.82, 2.24) is 4.90 Å². The topological polar surface area (TPSA) is 44.4 Å². The molecular weight excluding hydrogens is 250 g/mol. The highest BCUT2D eigenvalue weighted by atomic mass is 16.2. The van der Waals surface area contributed by atoms with E-state index in [2.05, 4.69) is 24.5 Å². The van der Waals surface area contributed by atoms with Crippen LogP contribution in [0.25, 0.3) is 0 Å². The highest BCUT2D eigenvalue weighted by Gasteiger charge is 2.21. The summed E-state index contributed by atoms with van der Waals surface area (Å²) in [4.78, 5) is 14.7. The standard InChI is InChI=1S/C16H25N3O/c1-4-12(3)11-19(5-2)16(20)13-7-6-8-14-15(13)18-10-9-17-14/h6-8,12,17-18H,4-5,9-11H2,1-3H3. The molecule has 4 nitrogen and oxygen atoms in total. The summed E-state index contributed by atoms with van der Waals surface area (Å²) in [6.45, 7) is 9.73. The Morgan fingerprint density at radius 1 is 1.30 bits per heavy atom. The van der Waals surface area contributed by atoms with Crippen molar-refractivity contribution in [2.75, 3.05) is 36.8 Å². The molecule has 1 aliphatic rings. The van der Waals surface area contributed by atoms with Crippen molar-refractivity contribution in [2.45, 2.75) is 27.2 Å². The number of para-hydroxylation sites is 1. The molecule has 0 radical (unpaired) electrons. The Hall–Kier alpha value is -1.71. The SMILES string of the molecule is CCC(C)CN(CC)C(=O)c1cccc2c1NCCN2. The van der Waals surface area contributed by atoms with E-state index in [1.54, 1.807) is 0 Å². The number of rotatable bonds is 5. The van der Waals surface area contributed by atoms with E-state index in [-0.39, 0.29) is 5.91 Å². The van der Waals surface area contributed by atoms with Gasteiger partial charge in [0.05, 0.1) is 16.9 Å². The second-order valence-corrected chi connectivity index (χ2v) is 5.44. The third kappa shape index (κ3) is 3.06. The number of nitrogens with one attached hydrogen (secondary N) is 2. The molecule has 0 spiro atoms. The first-order valence-corrected chi connectivity index (χ1v) is 7.57. The zero-order valence-electron chi connectivity index (χ0n) is 12.7. The molecule has 0 bridgehead atoms. The molecule has 0 aromatic heterocycles. The zero-order chi connectivity index (χ0) is 14.5. The van der Waals surface area contributed by atoms with Gasteiger partial charge >= 0.3 is 0 Å². The van der Waals surface area contributed by atoms with Crippen LogP contribution in [0.15, 0.2) is 18.2 Å². The Kier molecular flexibility index (Phi) is 4.88. The fraction of sp³-hybridized carbons (Fsp3) is 0.562. The molecule has 1 heterocycles. The molecule has 0 aliphatic carbocycles. The van der Waals surface area contributed by atoms with Gasteiger partial charge in [-0.25, -0.2) is 0 Å². The fourth-order valence-corrected chi connectivity index (χ4v) is 2.48. The van der Waals surface area contributed by atoms with E-state index in [0.717, 1.165) is 49.5 Å². The van der Waals surface area contributed by atoms with Gasteiger partial charge in [-0.1, -0.05) is 26.3 Å². The number of carbonyl (C=O) groups excluding carboxylic acids is 1. The maximum absolute atomic E-state index is 12.8. The maximum Gasteiger partial charge on any atom is 0.256 e. The number of anilines is 2. The molecular formula is C16H25N3O. The van der Waals surface area contributed by atoms with Gasteiger partial charge < -0.3 is 15.5 Å². The lowest BCUT2D eigenvalue weighted by Crippen LogP contribution is -2.35. The normalized spacial score (nSPS) is 14.8. The smallest absolute Gasteiger partial charge is 0.256 e. The van der Waals surface area contributed by atoms with Crippen molar-refractivity contribution in [1.29, 1.82) is 0 Å². The van der Waals surface area contributed by atoms with Crippen LogP contribution in [0, 0.1) is 5.92 Å². The van der Waals surface area contributed by atoms with Crippen molar-refractivity contribution in [3.8, 4) is 0 Å². The van der Waals surface area contributed by atoms with Crippen LogP contribution in [-0.2, 0) is 0 Å². The number of carbonyl (C=O) groups is 1. The first-order chi connectivity index (χ1) is 9.67. The minimum absolute atomic E-state index is 0.126. The first-order valence-electron chi connectivity index (χ1n) is 7.57. The quantitative estimate of drug-likeness (QED) is 0.868. The van der Waals surface area contributed by atoms with Crippen LogP contribution in [0.4, 0.5) is 11.4 Å². The third-order valence-corrected chi connectivity index (χ3v) is 3.94. The lowest BCUT2D eigenvalue weighted by Gasteiger charge is -2.27. The van der Waals surface area contributed by atoms with Crippen molar-refractivity contribution in [3.63, 3.8) is 0 Å². The predicted molar refractivity (Wildman–Crippen MR) is 84.5 cm³/mol. The van der Waals surface area contributed by atoms with E-state index < -0.39 is 0 Å². The number of benzene rings is 1. The van der Waals surface area contributed by atoms with Gasteiger partial charge in [-0.3, -0.25) is 4.79 Å². The minimum atomic E-state index is 0.126. The molecule has 1 atom stereocenters. The molecule has 110 valence electrons. The molecule has 0 fully saturated rings. The highest BCUT2D eigenvalue weighted by Crippen LogP contribution is 2.29. The van der Waals surface area contributed by atoms with E-state index in [0.29, 0.717) is 5.92 Å². The number of hydrogen-bond donors (Lipinski definition) is 2. The summed E-state index contributed by atoms with van der Waals surface area (Å²) >= 11 is 0. The summed E-state index contributed by atoms with van der Waals surface area (Å²) in [7, 11) is 0. The molecule has 1 unspecified atom stereocenters. The Morgan fingerprint density at radius 2 is 2.05 bits per heavy atom. The molecule has 1 aromatic rings. The molecule has 0 saturated carbocycles. The van der Waals surface area contributed by atoms with E-state index >= 15 is 0 Å². The predicted octanol–water partition coefficient (Wildman–Crippen LogP) is 3.03. The number of fused-ring (bicyclic) bond motifs is 1. The summed E-state index contributed by atoms with van der Waals surface area (Å²) in [5.41, 5.74) is 2.76. The highest BCUT2D eigenvalue weighted by molar-refractivity contribution is 6.02. The molecule has 2 N–H and O–H groups in total. The summed E-state index contributed by atoms with van der Waals surface area (Å²) in [6, 6.07) is 5.88. The Labute approximate surface area is 121 Å². The second kappa shape index (κ2) is 6.64. The average molecular weight is 275 g/mol. The number of amides is 1. The van der Waals surface area contributed by atoms with E-state index in [9.17, 15) is 4.79 Å². The summed E-state index contributed by atoms with van der Waals surface area (Å²) in [5.74, 6) is 0.658. The fourth-order valence-electron chi connectivity index (χ4n) is 2.48. The lowest BCUT2D eigenvalue weighted by atomic mass is 10.1. The van der Waals surface area contributed by atoms with E-state index in [4.69, 9.17) is 0 Å². The second-order valence-electron chi connectivity index (χ2n) is 5.44. The van der Waals surface area contributed by atoms with Crippen LogP contribution in [0.2, 0.25) is 0 Å². The summed E-state index contributed by atoms with van der Waals surface area (Å²) in [5, 5.41) is 6.68. The molecule has 1 amide bonds. The van der Waals surface area contributed by atoms with Crippen LogP contribution >= 0.6 is 0 Å². The minimum Gasteiger partial charge on any atom is -0.382 e.